The van der Waals surface area contributed by atoms with Crippen molar-refractivity contribution in [2.75, 3.05) is 0 Å². The van der Waals surface area contributed by atoms with E-state index >= 15 is 0 Å². The molecule has 3 heterocycles. The van der Waals surface area contributed by atoms with E-state index in [-0.39, 0.29) is 0 Å². The number of aromatic nitrogens is 3. The van der Waals surface area contributed by atoms with Gasteiger partial charge in [0.1, 0.15) is 0 Å². The van der Waals surface area contributed by atoms with Gasteiger partial charge >= 0.3 is 0 Å². The summed E-state index contributed by atoms with van der Waals surface area (Å²) in [7, 11) is 0. The van der Waals surface area contributed by atoms with Crippen LogP contribution in [0.1, 0.15) is 0 Å². The van der Waals surface area contributed by atoms with Crippen LogP contribution < -0.4 is 0 Å². The summed E-state index contributed by atoms with van der Waals surface area (Å²) in [5.74, 6) is 0.683. The molecule has 0 fully saturated rings. The minimum atomic E-state index is 0.683. The first-order valence-electron chi connectivity index (χ1n) is 14.8. The van der Waals surface area contributed by atoms with Crippen molar-refractivity contribution in [2.45, 2.75) is 0 Å². The fourth-order valence-corrected chi connectivity index (χ4v) is 8.28. The van der Waals surface area contributed by atoms with Crippen molar-refractivity contribution < 1.29 is 0 Å². The smallest absolute Gasteiger partial charge is 0.235 e. The molecule has 0 saturated carbocycles. The molecule has 0 radical (unpaired) electrons. The van der Waals surface area contributed by atoms with Gasteiger partial charge in [0.2, 0.25) is 5.95 Å². The van der Waals surface area contributed by atoms with Gasteiger partial charge in [0.05, 0.1) is 22.2 Å². The Morgan fingerprint density at radius 2 is 1.05 bits per heavy atom. The normalized spacial score (nSPS) is 12.1. The average Bonchev–Trinajstić information content (AvgIpc) is 3.64. The molecule has 0 spiro atoms. The molecule has 10 rings (SSSR count). The molecule has 0 amide bonds. The SMILES string of the molecule is c1ccc2c(c1)ccc1c2c2c3ccccc3ccc2n1-c1nc(-c2cccc3c2sc2ccccc23)c2ccccc2n1. The van der Waals surface area contributed by atoms with Crippen LogP contribution in [-0.2, 0) is 0 Å². The zero-order chi connectivity index (χ0) is 28.8. The highest BCUT2D eigenvalue weighted by Crippen LogP contribution is 2.43. The zero-order valence-corrected chi connectivity index (χ0v) is 24.3. The van der Waals surface area contributed by atoms with E-state index in [9.17, 15) is 0 Å². The van der Waals surface area contributed by atoms with Crippen molar-refractivity contribution in [1.82, 2.24) is 14.5 Å². The minimum Gasteiger partial charge on any atom is -0.278 e. The molecule has 3 aromatic heterocycles. The lowest BCUT2D eigenvalue weighted by Gasteiger charge is -2.12. The molecule has 0 N–H and O–H groups in total. The Balaban J connectivity index is 1.37. The van der Waals surface area contributed by atoms with Crippen LogP contribution in [0.4, 0.5) is 0 Å². The summed E-state index contributed by atoms with van der Waals surface area (Å²) in [4.78, 5) is 10.7. The van der Waals surface area contributed by atoms with Gasteiger partial charge in [0.15, 0.2) is 0 Å². The maximum atomic E-state index is 5.45. The Labute approximate surface area is 256 Å². The van der Waals surface area contributed by atoms with Crippen LogP contribution in [0.15, 0.2) is 140 Å². The number of rotatable bonds is 2. The fraction of sp³-hybridized carbons (Fsp3) is 0. The van der Waals surface area contributed by atoms with E-state index in [4.69, 9.17) is 9.97 Å². The quantitative estimate of drug-likeness (QED) is 0.205. The monoisotopic (exact) mass is 577 g/mol. The lowest BCUT2D eigenvalue weighted by atomic mass is 10.00. The Bertz CT molecular complexity index is 2690. The van der Waals surface area contributed by atoms with Gasteiger partial charge in [-0.1, -0.05) is 115 Å². The lowest BCUT2D eigenvalue weighted by molar-refractivity contribution is 1.01. The molecule has 7 aromatic carbocycles. The van der Waals surface area contributed by atoms with Crippen molar-refractivity contribution in [3.8, 4) is 17.2 Å². The summed E-state index contributed by atoms with van der Waals surface area (Å²) < 4.78 is 4.81. The summed E-state index contributed by atoms with van der Waals surface area (Å²) in [5, 5.41) is 11.0. The Morgan fingerprint density at radius 1 is 0.455 bits per heavy atom. The number of hydrogen-bond acceptors (Lipinski definition) is 3. The number of para-hydroxylation sites is 1. The maximum Gasteiger partial charge on any atom is 0.235 e. The first-order chi connectivity index (χ1) is 21.8. The van der Waals surface area contributed by atoms with Crippen LogP contribution in [-0.4, -0.2) is 14.5 Å². The zero-order valence-electron chi connectivity index (χ0n) is 23.5. The van der Waals surface area contributed by atoms with Gasteiger partial charge in [-0.3, -0.25) is 4.57 Å². The minimum absolute atomic E-state index is 0.683. The lowest BCUT2D eigenvalue weighted by Crippen LogP contribution is -2.03. The topological polar surface area (TPSA) is 30.7 Å². The fourth-order valence-electron chi connectivity index (χ4n) is 7.07. The van der Waals surface area contributed by atoms with E-state index in [0.717, 1.165) is 33.2 Å². The van der Waals surface area contributed by atoms with Gasteiger partial charge in [-0.05, 0) is 45.8 Å². The Hall–Kier alpha value is -5.58. The standard InChI is InChI=1S/C40H23N3S/c1-3-12-26-24(10-1)20-22-33-36(26)37-27-13-4-2-11-25(27)21-23-34(37)43(33)40-41-32-18-7-5-15-30(32)38(42-40)31-17-9-16-29-28-14-6-8-19-35(28)44-39(29)31/h1-23H. The molecule has 0 unspecified atom stereocenters. The predicted molar refractivity (Wildman–Crippen MR) is 187 cm³/mol. The van der Waals surface area contributed by atoms with E-state index < -0.39 is 0 Å². The van der Waals surface area contributed by atoms with Crippen LogP contribution in [0.3, 0.4) is 0 Å². The molecule has 10 aromatic rings. The highest BCUT2D eigenvalue weighted by Gasteiger charge is 2.21. The predicted octanol–water partition coefficient (Wildman–Crippen LogP) is 11.1. The van der Waals surface area contributed by atoms with E-state index in [2.05, 4.69) is 144 Å². The molecule has 44 heavy (non-hydrogen) atoms. The van der Waals surface area contributed by atoms with Gasteiger partial charge in [-0.2, -0.15) is 0 Å². The van der Waals surface area contributed by atoms with Crippen LogP contribution in [0, 0.1) is 0 Å². The van der Waals surface area contributed by atoms with Crippen molar-refractivity contribution in [3.05, 3.63) is 140 Å². The summed E-state index contributed by atoms with van der Waals surface area (Å²) in [5.41, 5.74) is 5.24. The molecular weight excluding hydrogens is 555 g/mol. The largest absolute Gasteiger partial charge is 0.278 e. The number of hydrogen-bond donors (Lipinski definition) is 0. The first kappa shape index (κ1) is 23.9. The second-order valence-electron chi connectivity index (χ2n) is 11.4. The van der Waals surface area contributed by atoms with E-state index in [0.29, 0.717) is 5.95 Å². The highest BCUT2D eigenvalue weighted by atomic mass is 32.1. The third kappa shape index (κ3) is 3.26. The van der Waals surface area contributed by atoms with Crippen LogP contribution in [0.5, 0.6) is 0 Å². The number of nitrogens with zero attached hydrogens (tertiary/aromatic N) is 3. The Morgan fingerprint density at radius 3 is 1.77 bits per heavy atom. The van der Waals surface area contributed by atoms with Gasteiger partial charge in [0, 0.05) is 41.9 Å². The second-order valence-corrected chi connectivity index (χ2v) is 12.4. The van der Waals surface area contributed by atoms with E-state index in [1.165, 1.54) is 52.5 Å². The second kappa shape index (κ2) is 8.96. The summed E-state index contributed by atoms with van der Waals surface area (Å²) >= 11 is 1.84. The molecule has 0 atom stereocenters. The molecule has 0 aliphatic rings. The summed E-state index contributed by atoms with van der Waals surface area (Å²) in [6.45, 7) is 0. The van der Waals surface area contributed by atoms with Crippen LogP contribution >= 0.6 is 11.3 Å². The van der Waals surface area contributed by atoms with Crippen molar-refractivity contribution in [1.29, 1.82) is 0 Å². The van der Waals surface area contributed by atoms with E-state index in [1.54, 1.807) is 0 Å². The third-order valence-electron chi connectivity index (χ3n) is 9.00. The molecule has 0 aliphatic heterocycles. The number of benzene rings is 7. The molecule has 204 valence electrons. The third-order valence-corrected chi connectivity index (χ3v) is 10.2. The van der Waals surface area contributed by atoms with Gasteiger partial charge in [0.25, 0.3) is 0 Å². The van der Waals surface area contributed by atoms with Gasteiger partial charge < -0.3 is 0 Å². The average molecular weight is 578 g/mol. The van der Waals surface area contributed by atoms with Crippen LogP contribution in [0.2, 0.25) is 0 Å². The molecule has 0 aliphatic carbocycles. The van der Waals surface area contributed by atoms with Crippen LogP contribution in [0.25, 0.3) is 91.6 Å². The molecule has 0 bridgehead atoms. The summed E-state index contributed by atoms with van der Waals surface area (Å²) in [6, 6.07) is 49.9. The Kier molecular flexibility index (Phi) is 4.87. The number of fused-ring (bicyclic) bond motifs is 11. The van der Waals surface area contributed by atoms with Crippen molar-refractivity contribution in [3.63, 3.8) is 0 Å². The highest BCUT2D eigenvalue weighted by molar-refractivity contribution is 7.26. The van der Waals surface area contributed by atoms with Gasteiger partial charge in [-0.15, -0.1) is 11.3 Å². The van der Waals surface area contributed by atoms with Crippen molar-refractivity contribution >= 4 is 85.8 Å². The van der Waals surface area contributed by atoms with Crippen molar-refractivity contribution in [2.24, 2.45) is 0 Å². The molecular formula is C40H23N3S. The molecule has 0 saturated heterocycles. The summed E-state index contributed by atoms with van der Waals surface area (Å²) in [6.07, 6.45) is 0. The first-order valence-corrected chi connectivity index (χ1v) is 15.7. The van der Waals surface area contributed by atoms with E-state index in [1.807, 2.05) is 11.3 Å². The van der Waals surface area contributed by atoms with Gasteiger partial charge in [-0.25, -0.2) is 9.97 Å². The number of thiophene rings is 1. The maximum absolute atomic E-state index is 5.45. The molecule has 4 heteroatoms. The molecule has 3 nitrogen and oxygen atoms in total.